The Labute approximate surface area is 219 Å². The van der Waals surface area contributed by atoms with E-state index in [-0.39, 0.29) is 11.9 Å². The summed E-state index contributed by atoms with van der Waals surface area (Å²) in [5, 5.41) is 4.77. The number of rotatable bonds is 6. The summed E-state index contributed by atoms with van der Waals surface area (Å²) >= 11 is 12.8. The molecule has 1 N–H and O–H groups in total. The summed E-state index contributed by atoms with van der Waals surface area (Å²) in [6.45, 7) is 16.2. The number of carbonyl (C=O) groups is 1. The van der Waals surface area contributed by atoms with E-state index < -0.39 is 0 Å². The third-order valence-electron chi connectivity index (χ3n) is 7.17. The number of hydrogen-bond acceptors (Lipinski definition) is 4. The molecule has 4 rings (SSSR count). The van der Waals surface area contributed by atoms with Crippen LogP contribution in [0.1, 0.15) is 37.9 Å². The third-order valence-corrected chi connectivity index (χ3v) is 7.71. The van der Waals surface area contributed by atoms with Crippen molar-refractivity contribution in [3.05, 3.63) is 75.8 Å². The van der Waals surface area contributed by atoms with Gasteiger partial charge in [-0.25, -0.2) is 0 Å². The third kappa shape index (κ3) is 6.03. The molecule has 188 valence electrons. The summed E-state index contributed by atoms with van der Waals surface area (Å²) in [5.74, 6) is 0.616. The molecule has 2 saturated heterocycles. The summed E-state index contributed by atoms with van der Waals surface area (Å²) in [6, 6.07) is 15.0. The van der Waals surface area contributed by atoms with E-state index in [2.05, 4.69) is 59.8 Å². The van der Waals surface area contributed by atoms with E-state index in [1.54, 1.807) is 13.0 Å². The molecule has 0 aliphatic carbocycles. The molecule has 0 spiro atoms. The molecule has 0 unspecified atom stereocenters. The molecule has 0 bridgehead atoms. The molecule has 7 heteroatoms. The minimum absolute atomic E-state index is 0.00640. The lowest BCUT2D eigenvalue weighted by Crippen LogP contribution is -2.53. The number of carbonyl (C=O) groups excluding carboxylic acids is 1. The number of piperazine rings is 2. The molecular formula is C28H36Cl2N4O. The lowest BCUT2D eigenvalue weighted by molar-refractivity contribution is -0.127. The average Bonchev–Trinajstić information content (AvgIpc) is 2.84. The Balaban J connectivity index is 1.58. The van der Waals surface area contributed by atoms with Crippen molar-refractivity contribution >= 4 is 34.8 Å². The highest BCUT2D eigenvalue weighted by Crippen LogP contribution is 2.37. The summed E-state index contributed by atoms with van der Waals surface area (Å²) in [5.41, 5.74) is 3.98. The van der Waals surface area contributed by atoms with Gasteiger partial charge in [0.25, 0.3) is 0 Å². The van der Waals surface area contributed by atoms with Crippen LogP contribution in [0.4, 0.5) is 5.69 Å². The molecule has 2 aromatic carbocycles. The largest absolute Gasteiger partial charge is 0.360 e. The van der Waals surface area contributed by atoms with Crippen molar-refractivity contribution in [3.8, 4) is 0 Å². The second-order valence-electron chi connectivity index (χ2n) is 10.1. The fraction of sp³-hybridized carbons (Fsp3) is 0.464. The van der Waals surface area contributed by atoms with Crippen molar-refractivity contribution in [2.24, 2.45) is 5.92 Å². The number of halogens is 2. The van der Waals surface area contributed by atoms with Crippen LogP contribution in [0.5, 0.6) is 0 Å². The monoisotopic (exact) mass is 514 g/mol. The Kier molecular flexibility index (Phi) is 8.43. The molecular weight excluding hydrogens is 479 g/mol. The molecule has 1 amide bonds. The molecule has 0 saturated carbocycles. The molecule has 2 aliphatic heterocycles. The summed E-state index contributed by atoms with van der Waals surface area (Å²) < 4.78 is 0. The van der Waals surface area contributed by atoms with E-state index in [0.717, 1.165) is 31.9 Å². The number of nitrogens with zero attached hydrogens (tertiary/aromatic N) is 3. The van der Waals surface area contributed by atoms with Gasteiger partial charge in [-0.2, -0.15) is 0 Å². The van der Waals surface area contributed by atoms with Gasteiger partial charge in [0.2, 0.25) is 5.91 Å². The van der Waals surface area contributed by atoms with Crippen LogP contribution in [0.3, 0.4) is 0 Å². The molecule has 2 atom stereocenters. The molecule has 0 aromatic heterocycles. The van der Waals surface area contributed by atoms with E-state index in [0.29, 0.717) is 47.2 Å². The van der Waals surface area contributed by atoms with Crippen LogP contribution >= 0.6 is 23.2 Å². The molecule has 35 heavy (non-hydrogen) atoms. The van der Waals surface area contributed by atoms with Gasteiger partial charge in [-0.15, -0.1) is 0 Å². The van der Waals surface area contributed by atoms with Crippen LogP contribution in [0, 0.1) is 5.92 Å². The Morgan fingerprint density at radius 2 is 1.86 bits per heavy atom. The minimum atomic E-state index is -0.0117. The van der Waals surface area contributed by atoms with Gasteiger partial charge in [-0.3, -0.25) is 9.69 Å². The van der Waals surface area contributed by atoms with Gasteiger partial charge in [-0.05, 0) is 42.2 Å². The topological polar surface area (TPSA) is 38.8 Å². The van der Waals surface area contributed by atoms with Gasteiger partial charge in [0.05, 0.1) is 16.8 Å². The van der Waals surface area contributed by atoms with Crippen molar-refractivity contribution in [2.45, 2.75) is 39.4 Å². The van der Waals surface area contributed by atoms with E-state index in [4.69, 9.17) is 23.2 Å². The van der Waals surface area contributed by atoms with Crippen molar-refractivity contribution in [1.82, 2.24) is 15.1 Å². The van der Waals surface area contributed by atoms with E-state index in [1.165, 1.54) is 11.1 Å². The van der Waals surface area contributed by atoms with Gasteiger partial charge in [0.1, 0.15) is 0 Å². The standard InChI is InChI=1S/C28H36Cl2N4O/c1-19(2)26-16-31-11-12-32(26)17-21-5-7-22(8-6-21)27-18-33(28(35)20(3)4)13-14-34(27)25-10-9-23(29)15-24(25)30/h5-10,15,19,26-27,31H,3,11-14,16-18H2,1-2,4H3/t26-,27-/m0/s1. The lowest BCUT2D eigenvalue weighted by atomic mass is 9.97. The fourth-order valence-electron chi connectivity index (χ4n) is 5.23. The van der Waals surface area contributed by atoms with Crippen LogP contribution in [0.2, 0.25) is 10.0 Å². The maximum Gasteiger partial charge on any atom is 0.249 e. The zero-order valence-corrected chi connectivity index (χ0v) is 22.4. The van der Waals surface area contributed by atoms with Crippen molar-refractivity contribution in [2.75, 3.05) is 44.2 Å². The first-order valence-electron chi connectivity index (χ1n) is 12.4. The molecule has 2 heterocycles. The summed E-state index contributed by atoms with van der Waals surface area (Å²) in [6.07, 6.45) is 0. The van der Waals surface area contributed by atoms with Crippen molar-refractivity contribution in [3.63, 3.8) is 0 Å². The van der Waals surface area contributed by atoms with Crippen molar-refractivity contribution < 1.29 is 4.79 Å². The highest BCUT2D eigenvalue weighted by atomic mass is 35.5. The lowest BCUT2D eigenvalue weighted by Gasteiger charge is -2.43. The molecule has 2 aliphatic rings. The zero-order valence-electron chi connectivity index (χ0n) is 20.9. The van der Waals surface area contributed by atoms with Crippen LogP contribution < -0.4 is 10.2 Å². The van der Waals surface area contributed by atoms with Gasteiger partial charge >= 0.3 is 0 Å². The summed E-state index contributed by atoms with van der Waals surface area (Å²) in [4.78, 5) is 19.5. The maximum atomic E-state index is 12.7. The zero-order chi connectivity index (χ0) is 25.1. The highest BCUT2D eigenvalue weighted by molar-refractivity contribution is 6.36. The second kappa shape index (κ2) is 11.3. The quantitative estimate of drug-likeness (QED) is 0.524. The number of anilines is 1. The normalized spacial score (nSPS) is 21.4. The molecule has 2 aromatic rings. The van der Waals surface area contributed by atoms with Crippen LogP contribution in [-0.4, -0.2) is 61.0 Å². The first-order valence-corrected chi connectivity index (χ1v) is 13.2. The Morgan fingerprint density at radius 1 is 1.11 bits per heavy atom. The van der Waals surface area contributed by atoms with Crippen LogP contribution in [0.15, 0.2) is 54.6 Å². The first-order chi connectivity index (χ1) is 16.7. The van der Waals surface area contributed by atoms with Gasteiger partial charge < -0.3 is 15.1 Å². The van der Waals surface area contributed by atoms with Gasteiger partial charge in [0.15, 0.2) is 0 Å². The SMILES string of the molecule is C=C(C)C(=O)N1CCN(c2ccc(Cl)cc2Cl)[C@H](c2ccc(CN3CCNC[C@H]3C(C)C)cc2)C1. The number of amides is 1. The fourth-order valence-corrected chi connectivity index (χ4v) is 5.74. The predicted molar refractivity (Wildman–Crippen MR) is 146 cm³/mol. The van der Waals surface area contributed by atoms with Crippen molar-refractivity contribution in [1.29, 1.82) is 0 Å². The van der Waals surface area contributed by atoms with Gasteiger partial charge in [0, 0.05) is 62.5 Å². The van der Waals surface area contributed by atoms with E-state index in [1.807, 2.05) is 17.0 Å². The first kappa shape index (κ1) is 26.0. The molecule has 0 radical (unpaired) electrons. The highest BCUT2D eigenvalue weighted by Gasteiger charge is 2.32. The number of hydrogen-bond donors (Lipinski definition) is 1. The number of benzene rings is 2. The second-order valence-corrected chi connectivity index (χ2v) is 10.9. The van der Waals surface area contributed by atoms with Gasteiger partial charge in [-0.1, -0.05) is 67.9 Å². The smallest absolute Gasteiger partial charge is 0.249 e. The van der Waals surface area contributed by atoms with Crippen LogP contribution in [0.25, 0.3) is 0 Å². The molecule has 2 fully saturated rings. The van der Waals surface area contributed by atoms with Crippen LogP contribution in [-0.2, 0) is 11.3 Å². The predicted octanol–water partition coefficient (Wildman–Crippen LogP) is 5.39. The number of nitrogens with one attached hydrogen (secondary N) is 1. The van der Waals surface area contributed by atoms with E-state index in [9.17, 15) is 4.79 Å². The Bertz CT molecular complexity index is 1060. The van der Waals surface area contributed by atoms with E-state index >= 15 is 0 Å². The summed E-state index contributed by atoms with van der Waals surface area (Å²) in [7, 11) is 0. The average molecular weight is 516 g/mol. The molecule has 5 nitrogen and oxygen atoms in total. The Morgan fingerprint density at radius 3 is 2.51 bits per heavy atom. The minimum Gasteiger partial charge on any atom is -0.360 e. The maximum absolute atomic E-state index is 12.7. The Hall–Kier alpha value is -2.05.